The summed E-state index contributed by atoms with van der Waals surface area (Å²) in [7, 11) is 0. The lowest BCUT2D eigenvalue weighted by atomic mass is 9.70. The van der Waals surface area contributed by atoms with Crippen molar-refractivity contribution in [3.63, 3.8) is 0 Å². The second-order valence-electron chi connectivity index (χ2n) is 9.60. The van der Waals surface area contributed by atoms with Crippen LogP contribution in [-0.2, 0) is 0 Å². The average molecular weight is 418 g/mol. The lowest BCUT2D eigenvalue weighted by Crippen LogP contribution is -2.50. The molecule has 0 unspecified atom stereocenters. The predicted octanol–water partition coefficient (Wildman–Crippen LogP) is 6.10. The van der Waals surface area contributed by atoms with Crippen molar-refractivity contribution in [3.05, 3.63) is 29.3 Å². The maximum absolute atomic E-state index is 6.67. The monoisotopic (exact) mass is 417 g/mol. The van der Waals surface area contributed by atoms with Gasteiger partial charge in [-0.25, -0.2) is 0 Å². The maximum Gasteiger partial charge on any atom is 0.128 e. The second kappa shape index (κ2) is 7.70. The Bertz CT molecular complexity index is 770. The molecule has 1 aromatic carbocycles. The molecule has 3 fully saturated rings. The molecule has 4 rings (SSSR count). The number of nitrogens with zero attached hydrogens (tertiary/aromatic N) is 3. The zero-order chi connectivity index (χ0) is 19.9. The molecule has 0 radical (unpaired) electrons. The van der Waals surface area contributed by atoms with Crippen molar-refractivity contribution in [2.45, 2.75) is 77.3 Å². The molecule has 1 saturated carbocycles. The van der Waals surface area contributed by atoms with E-state index in [4.69, 9.17) is 28.8 Å². The fraction of sp³-hybridized carbons (Fsp3) is 0.652. The van der Waals surface area contributed by atoms with E-state index in [-0.39, 0.29) is 17.0 Å². The molecular weight excluding hydrogens is 386 g/mol. The van der Waals surface area contributed by atoms with Gasteiger partial charge in [-0.1, -0.05) is 55.2 Å². The molecule has 1 aliphatic carbocycles. The number of thiocarbonyl (C=S) groups is 1. The van der Waals surface area contributed by atoms with Crippen LogP contribution in [0.15, 0.2) is 29.3 Å². The molecule has 0 aromatic heterocycles. The van der Waals surface area contributed by atoms with Crippen LogP contribution in [0.2, 0.25) is 5.02 Å². The summed E-state index contributed by atoms with van der Waals surface area (Å²) in [5.41, 5.74) is 0.841. The number of hydrogen-bond acceptors (Lipinski definition) is 3. The number of benzene rings is 1. The summed E-state index contributed by atoms with van der Waals surface area (Å²) in [5, 5.41) is 0.750. The minimum Gasteiger partial charge on any atom is -0.293 e. The molecule has 1 aromatic rings. The molecule has 28 heavy (non-hydrogen) atoms. The molecule has 152 valence electrons. The quantitative estimate of drug-likeness (QED) is 0.542. The molecule has 3 nitrogen and oxygen atoms in total. The van der Waals surface area contributed by atoms with E-state index in [9.17, 15) is 0 Å². The third-order valence-corrected chi connectivity index (χ3v) is 7.33. The number of anilines is 1. The van der Waals surface area contributed by atoms with Gasteiger partial charge in [-0.05, 0) is 71.7 Å². The van der Waals surface area contributed by atoms with E-state index in [1.54, 1.807) is 0 Å². The summed E-state index contributed by atoms with van der Waals surface area (Å²) in [5.74, 6) is 1.12. The topological polar surface area (TPSA) is 18.8 Å². The van der Waals surface area contributed by atoms with Crippen LogP contribution in [0.3, 0.4) is 0 Å². The standard InChI is InChI=1S/C23H32ClN3S/c1-22(2,3)25-20-19(26-15-9-10-16-26)23(13-7-4-8-14-23)21(28)27(20)18-12-6-5-11-17(18)24/h5-6,11-12,19H,4,7-10,13-16H2,1-3H3/t19-/m1/s1. The Labute approximate surface area is 180 Å². The zero-order valence-electron chi connectivity index (χ0n) is 17.4. The molecule has 0 N–H and O–H groups in total. The fourth-order valence-corrected chi connectivity index (χ4v) is 6.04. The highest BCUT2D eigenvalue weighted by molar-refractivity contribution is 7.80. The van der Waals surface area contributed by atoms with Crippen LogP contribution in [0.25, 0.3) is 0 Å². The third kappa shape index (κ3) is 3.53. The Kier molecular flexibility index (Phi) is 5.58. The predicted molar refractivity (Wildman–Crippen MR) is 124 cm³/mol. The number of rotatable bonds is 2. The Morgan fingerprint density at radius 2 is 1.68 bits per heavy atom. The van der Waals surface area contributed by atoms with E-state index in [2.05, 4.69) is 42.7 Å². The highest BCUT2D eigenvalue weighted by Crippen LogP contribution is 2.51. The summed E-state index contributed by atoms with van der Waals surface area (Å²) in [4.78, 5) is 11.2. The molecule has 2 heterocycles. The molecule has 0 amide bonds. The van der Waals surface area contributed by atoms with E-state index in [1.807, 2.05) is 12.1 Å². The van der Waals surface area contributed by atoms with Crippen LogP contribution in [0.4, 0.5) is 5.69 Å². The minimum atomic E-state index is -0.164. The fourth-order valence-electron chi connectivity index (χ4n) is 5.32. The molecule has 5 heteroatoms. The molecule has 2 aliphatic heterocycles. The van der Waals surface area contributed by atoms with Gasteiger partial charge in [0.25, 0.3) is 0 Å². The SMILES string of the molecule is CC(C)(C)N=C1[C@@H](N2CCCC2)C2(CCCCC2)C(=S)N1c1ccccc1Cl. The van der Waals surface area contributed by atoms with Gasteiger partial charge in [0, 0.05) is 5.41 Å². The lowest BCUT2D eigenvalue weighted by Gasteiger charge is -2.41. The van der Waals surface area contributed by atoms with E-state index in [0.29, 0.717) is 0 Å². The Balaban J connectivity index is 1.90. The summed E-state index contributed by atoms with van der Waals surface area (Å²) >= 11 is 12.9. The molecule has 1 atom stereocenters. The molecule has 0 bridgehead atoms. The van der Waals surface area contributed by atoms with Crippen LogP contribution in [0.1, 0.15) is 65.7 Å². The van der Waals surface area contributed by atoms with Gasteiger partial charge in [0.2, 0.25) is 0 Å². The smallest absolute Gasteiger partial charge is 0.128 e. The minimum absolute atomic E-state index is 0.0151. The van der Waals surface area contributed by atoms with Crippen molar-refractivity contribution < 1.29 is 0 Å². The van der Waals surface area contributed by atoms with Gasteiger partial charge < -0.3 is 0 Å². The number of likely N-dealkylation sites (tertiary alicyclic amines) is 1. The summed E-state index contributed by atoms with van der Waals surface area (Å²) in [6.45, 7) is 8.84. The van der Waals surface area contributed by atoms with Gasteiger partial charge in [0.1, 0.15) is 5.84 Å². The molecule has 3 aliphatic rings. The summed E-state index contributed by atoms with van der Waals surface area (Å²) < 4.78 is 0. The van der Waals surface area contributed by atoms with Crippen molar-refractivity contribution in [1.82, 2.24) is 4.90 Å². The normalized spacial score (nSPS) is 27.3. The highest BCUT2D eigenvalue weighted by Gasteiger charge is 2.58. The number of halogens is 1. The average Bonchev–Trinajstić information content (AvgIpc) is 3.23. The number of amidine groups is 1. The third-order valence-electron chi connectivity index (χ3n) is 6.42. The van der Waals surface area contributed by atoms with Crippen molar-refractivity contribution in [3.8, 4) is 0 Å². The van der Waals surface area contributed by atoms with Crippen molar-refractivity contribution in [2.24, 2.45) is 10.4 Å². The number of para-hydroxylation sites is 1. The van der Waals surface area contributed by atoms with Crippen molar-refractivity contribution in [1.29, 1.82) is 0 Å². The summed E-state index contributed by atoms with van der Waals surface area (Å²) in [6.07, 6.45) is 8.69. The first-order valence-electron chi connectivity index (χ1n) is 10.8. The largest absolute Gasteiger partial charge is 0.293 e. The maximum atomic E-state index is 6.67. The van der Waals surface area contributed by atoms with Gasteiger partial charge in [-0.3, -0.25) is 14.8 Å². The van der Waals surface area contributed by atoms with Gasteiger partial charge in [0.15, 0.2) is 0 Å². The molecule has 1 spiro atoms. The van der Waals surface area contributed by atoms with Crippen LogP contribution in [0.5, 0.6) is 0 Å². The van der Waals surface area contributed by atoms with E-state index < -0.39 is 0 Å². The number of hydrogen-bond donors (Lipinski definition) is 0. The van der Waals surface area contributed by atoms with Gasteiger partial charge >= 0.3 is 0 Å². The Hall–Kier alpha value is -0.970. The first kappa shape index (κ1) is 20.3. The number of aliphatic imine (C=N–C) groups is 1. The lowest BCUT2D eigenvalue weighted by molar-refractivity contribution is 0.154. The van der Waals surface area contributed by atoms with Gasteiger partial charge in [-0.2, -0.15) is 0 Å². The molecule has 2 saturated heterocycles. The van der Waals surface area contributed by atoms with Crippen LogP contribution in [-0.4, -0.2) is 40.4 Å². The van der Waals surface area contributed by atoms with Crippen LogP contribution >= 0.6 is 23.8 Å². The van der Waals surface area contributed by atoms with Crippen LogP contribution < -0.4 is 4.90 Å². The van der Waals surface area contributed by atoms with Gasteiger partial charge in [0.05, 0.1) is 27.3 Å². The highest BCUT2D eigenvalue weighted by atomic mass is 35.5. The zero-order valence-corrected chi connectivity index (χ0v) is 19.0. The van der Waals surface area contributed by atoms with Crippen molar-refractivity contribution >= 4 is 40.3 Å². The van der Waals surface area contributed by atoms with E-state index in [0.717, 1.165) is 47.5 Å². The summed E-state index contributed by atoms with van der Waals surface area (Å²) in [6, 6.07) is 8.37. The Morgan fingerprint density at radius 1 is 1.04 bits per heavy atom. The Morgan fingerprint density at radius 3 is 2.29 bits per heavy atom. The molecular formula is C23H32ClN3S. The first-order chi connectivity index (χ1) is 13.3. The van der Waals surface area contributed by atoms with Gasteiger partial charge in [-0.15, -0.1) is 0 Å². The second-order valence-corrected chi connectivity index (χ2v) is 10.4. The van der Waals surface area contributed by atoms with Crippen molar-refractivity contribution in [2.75, 3.05) is 18.0 Å². The van der Waals surface area contributed by atoms with Crippen LogP contribution in [0, 0.1) is 5.41 Å². The van der Waals surface area contributed by atoms with E-state index in [1.165, 1.54) is 32.1 Å². The first-order valence-corrected chi connectivity index (χ1v) is 11.5. The van der Waals surface area contributed by atoms with E-state index >= 15 is 0 Å².